The van der Waals surface area contributed by atoms with E-state index in [0.29, 0.717) is 0 Å². The molecule has 0 aromatic heterocycles. The maximum absolute atomic E-state index is 7.65. The Labute approximate surface area is 269 Å². The highest BCUT2D eigenvalue weighted by Crippen LogP contribution is 2.51. The number of hydrogen-bond donors (Lipinski definition) is 0. The Balaban J connectivity index is 1.70. The minimum atomic E-state index is -2.16. The van der Waals surface area contributed by atoms with Gasteiger partial charge in [-0.05, 0) is 71.6 Å². The van der Waals surface area contributed by atoms with Gasteiger partial charge in [0.1, 0.15) is 5.60 Å². The van der Waals surface area contributed by atoms with Crippen molar-refractivity contribution in [2.24, 2.45) is 0 Å². The molecule has 0 aliphatic carbocycles. The Morgan fingerprint density at radius 3 is 1.67 bits per heavy atom. The third-order valence-corrected chi connectivity index (χ3v) is 9.68. The maximum atomic E-state index is 7.65. The van der Waals surface area contributed by atoms with Gasteiger partial charge < -0.3 is 13.9 Å². The summed E-state index contributed by atoms with van der Waals surface area (Å²) in [5.41, 5.74) is 6.54. The molecule has 1 aliphatic heterocycles. The highest BCUT2D eigenvalue weighted by atomic mass is 28.4. The lowest BCUT2D eigenvalue weighted by molar-refractivity contribution is -0.0300. The molecule has 0 bridgehead atoms. The first-order chi connectivity index (χ1) is 21.8. The van der Waals surface area contributed by atoms with Crippen LogP contribution in [0.2, 0.25) is 19.6 Å². The fraction of sp³-hybridized carbons (Fsp3) is 0.250. The van der Waals surface area contributed by atoms with Crippen LogP contribution in [0.3, 0.4) is 0 Å². The summed E-state index contributed by atoms with van der Waals surface area (Å²) in [6, 6.07) is 47.7. The molecule has 2 atom stereocenters. The third-order valence-electron chi connectivity index (χ3n) is 8.75. The van der Waals surface area contributed by atoms with Crippen molar-refractivity contribution < 1.29 is 13.9 Å². The van der Waals surface area contributed by atoms with E-state index in [1.54, 1.807) is 14.2 Å². The lowest BCUT2D eigenvalue weighted by atomic mass is 9.72. The maximum Gasteiger partial charge on any atom is 0.185 e. The molecule has 6 rings (SSSR count). The highest BCUT2D eigenvalue weighted by molar-refractivity contribution is 6.69. The lowest BCUT2D eigenvalue weighted by Crippen LogP contribution is -2.59. The molecule has 0 N–H and O–H groups in total. The molecule has 0 spiro atoms. The Kier molecular flexibility index (Phi) is 8.95. The summed E-state index contributed by atoms with van der Waals surface area (Å²) in [5.74, 6) is 1.49. The van der Waals surface area contributed by atoms with Crippen LogP contribution in [0.4, 0.5) is 0 Å². The number of fused-ring (bicyclic) bond motifs is 1. The summed E-state index contributed by atoms with van der Waals surface area (Å²) in [6.07, 6.45) is 0.764. The standard InChI is InChI=1S/C40H43NO3Si/c1-42-36-26-32-27-38(40(44-45(3,4)5,33-22-14-8-15-23-33)34-24-16-9-17-25-34)41(29-30-18-10-6-11-19-30)39(31-20-12-7-13-21-31)35(32)28-37(36)43-2/h6-26,28,38-39H,27,29H2,1-5H3/t38-,39+/m0/s1. The van der Waals surface area contributed by atoms with Crippen LogP contribution < -0.4 is 9.47 Å². The van der Waals surface area contributed by atoms with Crippen molar-refractivity contribution in [2.75, 3.05) is 14.2 Å². The van der Waals surface area contributed by atoms with E-state index >= 15 is 0 Å². The number of benzene rings is 5. The Morgan fingerprint density at radius 1 is 0.667 bits per heavy atom. The Hall–Kier alpha value is -4.16. The van der Waals surface area contributed by atoms with Crippen molar-refractivity contribution in [1.29, 1.82) is 0 Å². The molecule has 45 heavy (non-hydrogen) atoms. The molecule has 5 aromatic carbocycles. The van der Waals surface area contributed by atoms with Gasteiger partial charge >= 0.3 is 0 Å². The van der Waals surface area contributed by atoms with Gasteiger partial charge in [0.25, 0.3) is 0 Å². The molecule has 1 aliphatic rings. The average molecular weight is 614 g/mol. The second-order valence-corrected chi connectivity index (χ2v) is 17.2. The number of rotatable bonds is 10. The predicted octanol–water partition coefficient (Wildman–Crippen LogP) is 9.02. The lowest BCUT2D eigenvalue weighted by Gasteiger charge is -2.54. The van der Waals surface area contributed by atoms with Gasteiger partial charge in [-0.25, -0.2) is 0 Å². The quantitative estimate of drug-likeness (QED) is 0.147. The highest BCUT2D eigenvalue weighted by Gasteiger charge is 2.52. The van der Waals surface area contributed by atoms with E-state index in [-0.39, 0.29) is 12.1 Å². The predicted molar refractivity (Wildman–Crippen MR) is 185 cm³/mol. The summed E-state index contributed by atoms with van der Waals surface area (Å²) in [5, 5.41) is 0. The molecule has 0 saturated heterocycles. The molecule has 0 radical (unpaired) electrons. The minimum absolute atomic E-state index is 0.0583. The van der Waals surface area contributed by atoms with Crippen LogP contribution in [0.1, 0.15) is 39.4 Å². The summed E-state index contributed by atoms with van der Waals surface area (Å²) in [4.78, 5) is 2.68. The van der Waals surface area contributed by atoms with Crippen LogP contribution >= 0.6 is 0 Å². The van der Waals surface area contributed by atoms with Crippen molar-refractivity contribution in [1.82, 2.24) is 4.90 Å². The van der Waals surface area contributed by atoms with Crippen molar-refractivity contribution in [3.63, 3.8) is 0 Å². The Bertz CT molecular complexity index is 1650. The summed E-state index contributed by atoms with van der Waals surface area (Å²) < 4.78 is 19.4. The molecule has 0 saturated carbocycles. The van der Waals surface area contributed by atoms with E-state index in [9.17, 15) is 0 Å². The molecule has 0 fully saturated rings. The van der Waals surface area contributed by atoms with Gasteiger partial charge in [0.05, 0.1) is 26.3 Å². The molecule has 5 heteroatoms. The van der Waals surface area contributed by atoms with E-state index in [4.69, 9.17) is 13.9 Å². The molecule has 4 nitrogen and oxygen atoms in total. The molecule has 1 heterocycles. The first-order valence-corrected chi connectivity index (χ1v) is 19.2. The van der Waals surface area contributed by atoms with Crippen molar-refractivity contribution in [2.45, 2.75) is 50.3 Å². The number of methoxy groups -OCH3 is 2. The second kappa shape index (κ2) is 13.1. The van der Waals surface area contributed by atoms with E-state index in [1.165, 1.54) is 22.3 Å². The SMILES string of the molecule is COc1cc2c(cc1OC)[C@@H](c1ccccc1)N(Cc1ccccc1)[C@H](C(O[Si](C)(C)C)(c1ccccc1)c1ccccc1)C2. The molecule has 5 aromatic rings. The topological polar surface area (TPSA) is 30.9 Å². The van der Waals surface area contributed by atoms with Crippen LogP contribution in [-0.2, 0) is 23.0 Å². The second-order valence-electron chi connectivity index (χ2n) is 12.8. The fourth-order valence-corrected chi connectivity index (χ4v) is 8.36. The zero-order valence-corrected chi connectivity index (χ0v) is 27.9. The molecule has 230 valence electrons. The van der Waals surface area contributed by atoms with Crippen molar-refractivity contribution in [3.05, 3.63) is 167 Å². The normalized spacial score (nSPS) is 17.0. The zero-order chi connectivity index (χ0) is 31.4. The fourth-order valence-electron chi connectivity index (χ4n) is 7.02. The van der Waals surface area contributed by atoms with Crippen LogP contribution in [-0.4, -0.2) is 33.5 Å². The number of nitrogens with zero attached hydrogens (tertiary/aromatic N) is 1. The van der Waals surface area contributed by atoms with Gasteiger partial charge in [0.15, 0.2) is 19.8 Å². The largest absolute Gasteiger partial charge is 0.493 e. The smallest absolute Gasteiger partial charge is 0.185 e. The summed E-state index contributed by atoms with van der Waals surface area (Å²) >= 11 is 0. The van der Waals surface area contributed by atoms with Gasteiger partial charge in [0, 0.05) is 6.54 Å². The van der Waals surface area contributed by atoms with E-state index in [2.05, 4.69) is 158 Å². The Morgan fingerprint density at radius 2 is 1.16 bits per heavy atom. The van der Waals surface area contributed by atoms with Crippen molar-refractivity contribution in [3.8, 4) is 11.5 Å². The van der Waals surface area contributed by atoms with Crippen LogP contribution in [0.15, 0.2) is 133 Å². The molecular weight excluding hydrogens is 571 g/mol. The third kappa shape index (κ3) is 6.21. The average Bonchev–Trinajstić information content (AvgIpc) is 3.07. The summed E-state index contributed by atoms with van der Waals surface area (Å²) in [7, 11) is 1.27. The number of ether oxygens (including phenoxy) is 2. The van der Waals surface area contributed by atoms with Crippen molar-refractivity contribution >= 4 is 8.32 Å². The zero-order valence-electron chi connectivity index (χ0n) is 26.9. The van der Waals surface area contributed by atoms with Gasteiger partial charge in [0.2, 0.25) is 0 Å². The van der Waals surface area contributed by atoms with Gasteiger partial charge in [-0.2, -0.15) is 0 Å². The van der Waals surface area contributed by atoms with E-state index < -0.39 is 13.9 Å². The van der Waals surface area contributed by atoms with E-state index in [1.807, 2.05) is 0 Å². The molecule has 0 unspecified atom stereocenters. The first-order valence-electron chi connectivity index (χ1n) is 15.7. The van der Waals surface area contributed by atoms with Crippen LogP contribution in [0, 0.1) is 0 Å². The van der Waals surface area contributed by atoms with Crippen LogP contribution in [0.25, 0.3) is 0 Å². The molecular formula is C40H43NO3Si. The first kappa shape index (κ1) is 30.8. The summed E-state index contributed by atoms with van der Waals surface area (Å²) in [6.45, 7) is 7.65. The van der Waals surface area contributed by atoms with Gasteiger partial charge in [-0.1, -0.05) is 121 Å². The van der Waals surface area contributed by atoms with Crippen LogP contribution in [0.5, 0.6) is 11.5 Å². The number of hydrogen-bond acceptors (Lipinski definition) is 4. The van der Waals surface area contributed by atoms with Gasteiger partial charge in [-0.15, -0.1) is 0 Å². The minimum Gasteiger partial charge on any atom is -0.493 e. The van der Waals surface area contributed by atoms with Gasteiger partial charge in [-0.3, -0.25) is 4.90 Å². The molecule has 0 amide bonds. The monoisotopic (exact) mass is 613 g/mol. The van der Waals surface area contributed by atoms with E-state index in [0.717, 1.165) is 35.6 Å².